The molecule has 3 aromatic rings. The average Bonchev–Trinajstić information content (AvgIpc) is 2.88. The molecule has 2 radical (unpaired) electrons. The number of hydrogen-bond donors (Lipinski definition) is 2. The van der Waals surface area contributed by atoms with E-state index in [4.69, 9.17) is 18.6 Å². The monoisotopic (exact) mass is 342 g/mol. The smallest absolute Gasteiger partial charge is 0.131 e. The van der Waals surface area contributed by atoms with Gasteiger partial charge in [-0.2, -0.15) is 0 Å². The maximum Gasteiger partial charge on any atom is 0.131 e. The first-order valence-corrected chi connectivity index (χ1v) is 9.20. The van der Waals surface area contributed by atoms with E-state index in [9.17, 15) is 0 Å². The van der Waals surface area contributed by atoms with Crippen LogP contribution in [0.2, 0.25) is 0 Å². The van der Waals surface area contributed by atoms with Crippen molar-refractivity contribution in [3.8, 4) is 0 Å². The van der Waals surface area contributed by atoms with Crippen LogP contribution < -0.4 is 21.4 Å². The highest BCUT2D eigenvalue weighted by Crippen LogP contribution is 2.29. The molecule has 0 bridgehead atoms. The molecular formula is C21H23BN4. The number of anilines is 2. The highest BCUT2D eigenvalue weighted by molar-refractivity contribution is 6.33. The number of aryl methyl sites for hydroxylation is 1. The van der Waals surface area contributed by atoms with E-state index >= 15 is 0 Å². The second-order valence-corrected chi connectivity index (χ2v) is 6.81. The Labute approximate surface area is 155 Å². The van der Waals surface area contributed by atoms with E-state index in [-0.39, 0.29) is 0 Å². The zero-order chi connectivity index (χ0) is 17.9. The summed E-state index contributed by atoms with van der Waals surface area (Å²) in [7, 11) is 5.99. The minimum Gasteiger partial charge on any atom is -0.383 e. The van der Waals surface area contributed by atoms with E-state index in [0.29, 0.717) is 6.54 Å². The Balaban J connectivity index is 1.75. The first kappa shape index (κ1) is 16.9. The number of hydrogen-bond acceptors (Lipinski definition) is 4. The van der Waals surface area contributed by atoms with Gasteiger partial charge in [0.15, 0.2) is 0 Å². The van der Waals surface area contributed by atoms with Crippen LogP contribution in [0.15, 0.2) is 48.5 Å². The summed E-state index contributed by atoms with van der Waals surface area (Å²) >= 11 is 0. The van der Waals surface area contributed by atoms with Gasteiger partial charge in [0.1, 0.15) is 13.7 Å². The Hall–Kier alpha value is -2.53. The quantitative estimate of drug-likeness (QED) is 0.715. The fourth-order valence-corrected chi connectivity index (χ4v) is 3.64. The van der Waals surface area contributed by atoms with Gasteiger partial charge in [0.2, 0.25) is 0 Å². The van der Waals surface area contributed by atoms with Crippen molar-refractivity contribution < 1.29 is 0 Å². The summed E-state index contributed by atoms with van der Waals surface area (Å²) in [5, 5.41) is 4.47. The molecule has 0 saturated carbocycles. The van der Waals surface area contributed by atoms with Crippen molar-refractivity contribution in [3.63, 3.8) is 0 Å². The lowest BCUT2D eigenvalue weighted by Gasteiger charge is -2.24. The van der Waals surface area contributed by atoms with E-state index < -0.39 is 0 Å². The standard InChI is InChI=1S/C21H23BN4/c22-17-7-8-19-18(12-17)20(24-10-9-23)13-21(25-19)26-11-3-6-15-4-1-2-5-16(15)14-26/h1-2,4-5,7-8,12-13H,3,6,9-11,14,23H2,(H,24,25). The van der Waals surface area contributed by atoms with Crippen LogP contribution in [0, 0.1) is 0 Å². The Bertz CT molecular complexity index is 925. The van der Waals surface area contributed by atoms with Crippen molar-refractivity contribution in [2.24, 2.45) is 5.73 Å². The van der Waals surface area contributed by atoms with E-state index in [2.05, 4.69) is 40.5 Å². The van der Waals surface area contributed by atoms with Crippen LogP contribution in [0.5, 0.6) is 0 Å². The van der Waals surface area contributed by atoms with Gasteiger partial charge in [0.25, 0.3) is 0 Å². The van der Waals surface area contributed by atoms with Crippen molar-refractivity contribution in [1.82, 2.24) is 4.98 Å². The molecule has 4 rings (SSSR count). The molecule has 1 aliphatic heterocycles. The highest BCUT2D eigenvalue weighted by Gasteiger charge is 2.17. The van der Waals surface area contributed by atoms with Crippen molar-refractivity contribution >= 4 is 35.7 Å². The van der Waals surface area contributed by atoms with Crippen LogP contribution in [0.25, 0.3) is 10.9 Å². The lowest BCUT2D eigenvalue weighted by Crippen LogP contribution is -2.24. The number of fused-ring (bicyclic) bond motifs is 2. The van der Waals surface area contributed by atoms with Crippen molar-refractivity contribution in [3.05, 3.63) is 59.7 Å². The third kappa shape index (κ3) is 3.40. The van der Waals surface area contributed by atoms with Gasteiger partial charge < -0.3 is 16.0 Å². The molecule has 4 nitrogen and oxygen atoms in total. The number of nitrogens with one attached hydrogen (secondary N) is 1. The molecule has 3 N–H and O–H groups in total. The minimum atomic E-state index is 0.582. The average molecular weight is 342 g/mol. The van der Waals surface area contributed by atoms with Gasteiger partial charge in [-0.1, -0.05) is 41.9 Å². The second kappa shape index (κ2) is 7.38. The maximum absolute atomic E-state index is 5.99. The SMILES string of the molecule is [B]c1ccc2nc(N3CCCc4ccccc4C3)cc(NCCN)c2c1. The van der Waals surface area contributed by atoms with Crippen LogP contribution in [-0.4, -0.2) is 32.5 Å². The van der Waals surface area contributed by atoms with Gasteiger partial charge in [-0.3, -0.25) is 0 Å². The molecule has 2 aromatic carbocycles. The maximum atomic E-state index is 5.99. The molecular weight excluding hydrogens is 319 g/mol. The minimum absolute atomic E-state index is 0.582. The normalized spacial score (nSPS) is 14.1. The van der Waals surface area contributed by atoms with Gasteiger partial charge in [-0.15, -0.1) is 0 Å². The molecule has 0 unspecified atom stereocenters. The van der Waals surface area contributed by atoms with Crippen molar-refractivity contribution in [2.75, 3.05) is 29.9 Å². The molecule has 1 aromatic heterocycles. The fraction of sp³-hybridized carbons (Fsp3) is 0.286. The summed E-state index contributed by atoms with van der Waals surface area (Å²) in [5.74, 6) is 0.999. The first-order valence-electron chi connectivity index (χ1n) is 9.20. The Kier molecular flexibility index (Phi) is 4.80. The zero-order valence-corrected chi connectivity index (χ0v) is 14.9. The number of nitrogens with two attached hydrogens (primary N) is 1. The van der Waals surface area contributed by atoms with E-state index in [1.165, 1.54) is 11.1 Å². The van der Waals surface area contributed by atoms with Gasteiger partial charge >= 0.3 is 0 Å². The number of pyridine rings is 1. The number of aromatic nitrogens is 1. The Morgan fingerprint density at radius 1 is 1.12 bits per heavy atom. The molecule has 26 heavy (non-hydrogen) atoms. The van der Waals surface area contributed by atoms with E-state index in [1.807, 2.05) is 18.2 Å². The summed E-state index contributed by atoms with van der Waals surface area (Å²) in [5.41, 5.74) is 11.3. The third-order valence-electron chi connectivity index (χ3n) is 4.96. The highest BCUT2D eigenvalue weighted by atomic mass is 15.2. The molecule has 5 heteroatoms. The van der Waals surface area contributed by atoms with Crippen LogP contribution in [0.4, 0.5) is 11.5 Å². The molecule has 0 spiro atoms. The van der Waals surface area contributed by atoms with Gasteiger partial charge in [0, 0.05) is 43.3 Å². The van der Waals surface area contributed by atoms with E-state index in [0.717, 1.165) is 60.3 Å². The third-order valence-corrected chi connectivity index (χ3v) is 4.96. The summed E-state index contributed by atoms with van der Waals surface area (Å²) in [6, 6.07) is 16.7. The van der Waals surface area contributed by atoms with E-state index in [1.54, 1.807) is 0 Å². The summed E-state index contributed by atoms with van der Waals surface area (Å²) in [6.45, 7) is 3.19. The Morgan fingerprint density at radius 3 is 2.81 bits per heavy atom. The lowest BCUT2D eigenvalue weighted by molar-refractivity contribution is 0.756. The van der Waals surface area contributed by atoms with Crippen LogP contribution in [-0.2, 0) is 13.0 Å². The summed E-state index contributed by atoms with van der Waals surface area (Å²) < 4.78 is 0. The molecule has 0 amide bonds. The topological polar surface area (TPSA) is 54.2 Å². The van der Waals surface area contributed by atoms with Gasteiger partial charge in [-0.05, 0) is 30.0 Å². The molecule has 2 heterocycles. The van der Waals surface area contributed by atoms with Crippen LogP contribution in [0.1, 0.15) is 17.5 Å². The number of benzene rings is 2. The number of rotatable bonds is 4. The van der Waals surface area contributed by atoms with Crippen LogP contribution in [0.3, 0.4) is 0 Å². The van der Waals surface area contributed by atoms with Gasteiger partial charge in [-0.25, -0.2) is 4.98 Å². The fourth-order valence-electron chi connectivity index (χ4n) is 3.64. The van der Waals surface area contributed by atoms with Crippen molar-refractivity contribution in [1.29, 1.82) is 0 Å². The molecule has 130 valence electrons. The largest absolute Gasteiger partial charge is 0.383 e. The Morgan fingerprint density at radius 2 is 1.96 bits per heavy atom. The molecule has 0 saturated heterocycles. The molecule has 0 fully saturated rings. The number of nitrogens with zero attached hydrogens (tertiary/aromatic N) is 2. The predicted octanol–water partition coefficient (Wildman–Crippen LogP) is 2.35. The zero-order valence-electron chi connectivity index (χ0n) is 14.9. The molecule has 1 aliphatic rings. The summed E-state index contributed by atoms with van der Waals surface area (Å²) in [4.78, 5) is 7.29. The van der Waals surface area contributed by atoms with Crippen LogP contribution >= 0.6 is 0 Å². The van der Waals surface area contributed by atoms with Gasteiger partial charge in [0.05, 0.1) is 5.52 Å². The lowest BCUT2D eigenvalue weighted by atomic mass is 9.94. The predicted molar refractivity (Wildman–Crippen MR) is 110 cm³/mol. The van der Waals surface area contributed by atoms with Crippen molar-refractivity contribution in [2.45, 2.75) is 19.4 Å². The molecule has 0 aliphatic carbocycles. The first-order chi connectivity index (χ1) is 12.7. The summed E-state index contributed by atoms with van der Waals surface area (Å²) in [6.07, 6.45) is 2.25. The molecule has 0 atom stereocenters. The second-order valence-electron chi connectivity index (χ2n) is 6.81.